The van der Waals surface area contributed by atoms with E-state index >= 15 is 0 Å². The number of aromatic nitrogens is 1. The lowest BCUT2D eigenvalue weighted by molar-refractivity contribution is -0.138. The number of Topliss-reactive ketones (excluding diaryl/α,β-unsaturated/α-hetero) is 2. The summed E-state index contributed by atoms with van der Waals surface area (Å²) < 4.78 is 61.9. The lowest BCUT2D eigenvalue weighted by atomic mass is 9.72. The van der Waals surface area contributed by atoms with E-state index in [4.69, 9.17) is 4.74 Å². The fraction of sp³-hybridized carbons (Fsp3) is 0.442. The van der Waals surface area contributed by atoms with Crippen LogP contribution in [0.1, 0.15) is 82.2 Å². The molecule has 0 radical (unpaired) electrons. The highest BCUT2D eigenvalue weighted by Gasteiger charge is 2.47. The van der Waals surface area contributed by atoms with Crippen LogP contribution < -0.4 is 15.4 Å². The minimum Gasteiger partial charge on any atom is -0.506 e. The lowest BCUT2D eigenvalue weighted by Gasteiger charge is -2.39. The lowest BCUT2D eigenvalue weighted by Crippen LogP contribution is -2.60. The summed E-state index contributed by atoms with van der Waals surface area (Å²) in [6.45, 7) is 7.35. The molecule has 0 aliphatic heterocycles. The molecule has 0 saturated heterocycles. The van der Waals surface area contributed by atoms with Gasteiger partial charge in [-0.15, -0.1) is 0 Å². The number of amides is 2. The van der Waals surface area contributed by atoms with Gasteiger partial charge in [0.1, 0.15) is 28.6 Å². The number of benzene rings is 3. The maximum absolute atomic E-state index is 14.9. The van der Waals surface area contributed by atoms with E-state index in [2.05, 4.69) is 15.6 Å². The van der Waals surface area contributed by atoms with Crippen LogP contribution in [-0.4, -0.2) is 46.1 Å². The number of ether oxygens (including phenoxy) is 1. The Balaban J connectivity index is 1.52. The number of carbonyl (C=O) groups excluding carboxylic acids is 4. The van der Waals surface area contributed by atoms with Crippen molar-refractivity contribution in [1.29, 1.82) is 0 Å². The molecule has 4 aromatic rings. The summed E-state index contributed by atoms with van der Waals surface area (Å²) in [7, 11) is 1.43. The molecule has 1 heterocycles. The zero-order valence-electron chi connectivity index (χ0n) is 32.2. The number of halogens is 4. The summed E-state index contributed by atoms with van der Waals surface area (Å²) in [6, 6.07) is 14.1. The highest BCUT2D eigenvalue weighted by Crippen LogP contribution is 2.41. The Bertz CT molecular complexity index is 2100. The van der Waals surface area contributed by atoms with Crippen LogP contribution in [-0.2, 0) is 44.6 Å². The van der Waals surface area contributed by atoms with Gasteiger partial charge >= 0.3 is 6.18 Å². The van der Waals surface area contributed by atoms with Gasteiger partial charge in [0.25, 0.3) is 0 Å². The number of H-pyrrole nitrogens is 1. The molecule has 0 bridgehead atoms. The molecule has 2 amide bonds. The first-order valence-corrected chi connectivity index (χ1v) is 19.0. The Kier molecular flexibility index (Phi) is 13.0. The van der Waals surface area contributed by atoms with Gasteiger partial charge < -0.3 is 25.5 Å². The number of alkyl halides is 3. The third kappa shape index (κ3) is 9.08. The van der Waals surface area contributed by atoms with Gasteiger partial charge in [0, 0.05) is 54.7 Å². The number of aromatic amines is 1. The van der Waals surface area contributed by atoms with Crippen LogP contribution in [0.25, 0.3) is 10.9 Å². The Hall–Kier alpha value is -5.20. The molecule has 2 unspecified atom stereocenters. The molecular weight excluding hydrogens is 730 g/mol. The number of hydrogen-bond acceptors (Lipinski definition) is 6. The van der Waals surface area contributed by atoms with Gasteiger partial charge in [-0.05, 0) is 60.1 Å². The molecule has 1 aromatic heterocycles. The third-order valence-corrected chi connectivity index (χ3v) is 11.5. The summed E-state index contributed by atoms with van der Waals surface area (Å²) in [4.78, 5) is 59.5. The predicted octanol–water partition coefficient (Wildman–Crippen LogP) is 8.51. The molecule has 0 spiro atoms. The number of nitrogens with one attached hydrogen (secondary N) is 3. The van der Waals surface area contributed by atoms with Gasteiger partial charge in [-0.1, -0.05) is 70.9 Å². The first-order chi connectivity index (χ1) is 26.5. The maximum Gasteiger partial charge on any atom is 0.418 e. The van der Waals surface area contributed by atoms with Crippen molar-refractivity contribution in [2.75, 3.05) is 12.4 Å². The number of methoxy groups -OCH3 is 1. The molecule has 0 fully saturated rings. The van der Waals surface area contributed by atoms with Crippen molar-refractivity contribution in [2.45, 2.75) is 90.8 Å². The van der Waals surface area contributed by atoms with Crippen molar-refractivity contribution in [1.82, 2.24) is 10.3 Å². The number of anilines is 1. The van der Waals surface area contributed by atoms with Crippen molar-refractivity contribution in [3.63, 3.8) is 0 Å². The van der Waals surface area contributed by atoms with Gasteiger partial charge in [-0.25, -0.2) is 4.39 Å². The highest BCUT2D eigenvalue weighted by molar-refractivity contribution is 6.01. The van der Waals surface area contributed by atoms with Gasteiger partial charge in [0.15, 0.2) is 5.78 Å². The van der Waals surface area contributed by atoms with Crippen molar-refractivity contribution >= 4 is 40.0 Å². The summed E-state index contributed by atoms with van der Waals surface area (Å²) in [6.07, 6.45) is -4.44. The molecule has 0 saturated carbocycles. The van der Waals surface area contributed by atoms with Crippen LogP contribution in [0.4, 0.5) is 23.2 Å². The largest absolute Gasteiger partial charge is 0.506 e. The number of para-hydroxylation sites is 1. The fourth-order valence-electron chi connectivity index (χ4n) is 7.66. The average molecular weight is 780 g/mol. The zero-order valence-corrected chi connectivity index (χ0v) is 32.2. The Morgan fingerprint density at radius 2 is 1.61 bits per heavy atom. The molecule has 1 aliphatic carbocycles. The molecule has 3 aromatic carbocycles. The van der Waals surface area contributed by atoms with Gasteiger partial charge in [0.2, 0.25) is 11.8 Å². The maximum atomic E-state index is 14.9. The molecule has 56 heavy (non-hydrogen) atoms. The summed E-state index contributed by atoms with van der Waals surface area (Å²) in [5.41, 5.74) is -1.35. The number of ketones is 2. The van der Waals surface area contributed by atoms with E-state index in [1.807, 2.05) is 27.7 Å². The van der Waals surface area contributed by atoms with E-state index in [1.54, 1.807) is 18.2 Å². The normalized spacial score (nSPS) is 17.7. The topological polar surface area (TPSA) is 138 Å². The van der Waals surface area contributed by atoms with Gasteiger partial charge in [-0.2, -0.15) is 13.2 Å². The number of aryl methyl sites for hydroxylation is 1. The van der Waals surface area contributed by atoms with Crippen LogP contribution in [0, 0.1) is 29.5 Å². The summed E-state index contributed by atoms with van der Waals surface area (Å²) in [5, 5.41) is 16.5. The van der Waals surface area contributed by atoms with Crippen molar-refractivity contribution in [3.05, 3.63) is 88.9 Å². The summed E-state index contributed by atoms with van der Waals surface area (Å²) >= 11 is 0. The highest BCUT2D eigenvalue weighted by atomic mass is 19.4. The number of phenolic OH excluding ortho intramolecular Hbond substituents is 1. The van der Waals surface area contributed by atoms with Crippen LogP contribution in [0.2, 0.25) is 0 Å². The second-order valence-corrected chi connectivity index (χ2v) is 15.1. The monoisotopic (exact) mass is 779 g/mol. The number of aromatic hydroxyl groups is 1. The standard InChI is InChI=1S/C43H49F4N3O6/c1-6-24(3)30(20-27(51)19-26-11-8-9-14-34(26)44)41(55)50-42(18-17-35-32(23-42)29-12-10-13-33(39(29)48-35)43(45,46)47)38(53)22-31(25(4)7-2)40(54)49-36-16-15-28(56-5)21-37(36)52/h8-16,21,24-25,30-31,48,52H,6-7,17-20,22-23H2,1-5H3,(H,49,54)(H,50,55)/t24?,25?,30-,31-,42+/m0/s1. The quantitative estimate of drug-likeness (QED) is 0.0665. The number of rotatable bonds is 16. The fourth-order valence-corrected chi connectivity index (χ4v) is 7.66. The number of carbonyl (C=O) groups is 4. The first-order valence-electron chi connectivity index (χ1n) is 19.0. The minimum absolute atomic E-state index is 0.0171. The van der Waals surface area contributed by atoms with Crippen LogP contribution >= 0.6 is 0 Å². The Morgan fingerprint density at radius 1 is 0.929 bits per heavy atom. The third-order valence-electron chi connectivity index (χ3n) is 11.5. The van der Waals surface area contributed by atoms with Crippen molar-refractivity contribution < 1.29 is 46.6 Å². The average Bonchev–Trinajstić information content (AvgIpc) is 3.54. The first kappa shape index (κ1) is 42.0. The molecule has 13 heteroatoms. The molecule has 300 valence electrons. The van der Waals surface area contributed by atoms with E-state index in [0.717, 1.165) is 6.07 Å². The van der Waals surface area contributed by atoms with E-state index < -0.39 is 52.5 Å². The van der Waals surface area contributed by atoms with Crippen LogP contribution in [0.15, 0.2) is 60.7 Å². The molecule has 1 aliphatic rings. The van der Waals surface area contributed by atoms with E-state index in [0.29, 0.717) is 29.8 Å². The summed E-state index contributed by atoms with van der Waals surface area (Å²) in [5.74, 6) is -4.88. The van der Waals surface area contributed by atoms with Gasteiger partial charge in [0.05, 0.1) is 23.9 Å². The number of hydrogen-bond donors (Lipinski definition) is 4. The smallest absolute Gasteiger partial charge is 0.418 e. The van der Waals surface area contributed by atoms with Crippen molar-refractivity contribution in [2.24, 2.45) is 23.7 Å². The van der Waals surface area contributed by atoms with Crippen molar-refractivity contribution in [3.8, 4) is 11.5 Å². The minimum atomic E-state index is -4.65. The van der Waals surface area contributed by atoms with Crippen LogP contribution in [0.5, 0.6) is 11.5 Å². The van der Waals surface area contributed by atoms with E-state index in [-0.39, 0.29) is 84.0 Å². The second kappa shape index (κ2) is 17.3. The SMILES string of the molecule is CCC(C)[C@H](CC(=O)[C@@]1(NC(=O)[C@@H](CC(=O)Cc2ccccc2F)C(C)CC)CCc2[nH]c3c(C(F)(F)F)cccc3c2C1)C(=O)Nc1ccc(OC)cc1O. The number of fused-ring (bicyclic) bond motifs is 3. The van der Waals surface area contributed by atoms with E-state index in [9.17, 15) is 41.8 Å². The molecule has 9 nitrogen and oxygen atoms in total. The van der Waals surface area contributed by atoms with E-state index in [1.165, 1.54) is 43.5 Å². The Labute approximate surface area is 323 Å². The number of phenols is 1. The molecule has 5 rings (SSSR count). The predicted molar refractivity (Wildman–Crippen MR) is 205 cm³/mol. The van der Waals surface area contributed by atoms with Crippen LogP contribution in [0.3, 0.4) is 0 Å². The second-order valence-electron chi connectivity index (χ2n) is 15.1. The molecular formula is C43H49F4N3O6. The molecule has 4 N–H and O–H groups in total. The molecule has 5 atom stereocenters. The Morgan fingerprint density at radius 3 is 2.23 bits per heavy atom. The van der Waals surface area contributed by atoms with Gasteiger partial charge in [-0.3, -0.25) is 19.2 Å². The zero-order chi connectivity index (χ0) is 40.9.